The molecular weight excluding hydrogens is 331 g/mol. The Morgan fingerprint density at radius 1 is 1.54 bits per heavy atom. The van der Waals surface area contributed by atoms with Crippen LogP contribution in [0.5, 0.6) is 0 Å². The Kier molecular flexibility index (Phi) is 5.61. The number of nitrogens with one attached hydrogen (secondary N) is 2. The quantitative estimate of drug-likeness (QED) is 0.699. The van der Waals surface area contributed by atoms with Gasteiger partial charge in [-0.3, -0.25) is 4.79 Å². The minimum atomic E-state index is -0.113. The van der Waals surface area contributed by atoms with Crippen LogP contribution >= 0.6 is 0 Å². The van der Waals surface area contributed by atoms with Crippen molar-refractivity contribution in [3.05, 3.63) is 43.3 Å². The summed E-state index contributed by atoms with van der Waals surface area (Å²) in [6.07, 6.45) is 11.8. The third kappa shape index (κ3) is 4.23. The summed E-state index contributed by atoms with van der Waals surface area (Å²) in [6.45, 7) is 9.91. The molecule has 0 spiro atoms. The van der Waals surface area contributed by atoms with E-state index in [0.29, 0.717) is 24.5 Å². The topological polar surface area (TPSA) is 61.0 Å². The van der Waals surface area contributed by atoms with Crippen molar-refractivity contribution >= 4 is 5.91 Å². The number of H-pyrrole nitrogens is 1. The van der Waals surface area contributed by atoms with Gasteiger partial charge in [0.25, 0.3) is 5.91 Å². The first-order valence-electron chi connectivity index (χ1n) is 9.40. The van der Waals surface area contributed by atoms with E-state index in [1.807, 2.05) is 6.08 Å². The number of carbonyl (C=O) groups excluding carboxylic acids is 1. The van der Waals surface area contributed by atoms with E-state index in [2.05, 4.69) is 33.7 Å². The van der Waals surface area contributed by atoms with Gasteiger partial charge in [-0.1, -0.05) is 19.1 Å². The van der Waals surface area contributed by atoms with Gasteiger partial charge in [-0.05, 0) is 55.5 Å². The number of likely N-dealkylation sites (tertiary alicyclic amines) is 1. The van der Waals surface area contributed by atoms with Crippen LogP contribution in [0.3, 0.4) is 0 Å². The van der Waals surface area contributed by atoms with Crippen molar-refractivity contribution < 1.29 is 9.18 Å². The summed E-state index contributed by atoms with van der Waals surface area (Å²) in [5.74, 6) is 0.204. The molecule has 0 bridgehead atoms. The van der Waals surface area contributed by atoms with Crippen LogP contribution in [-0.4, -0.2) is 47.0 Å². The minimum Gasteiger partial charge on any atom is -0.349 e. The molecular formula is C20H29FN4O. The first-order chi connectivity index (χ1) is 12.5. The molecule has 26 heavy (non-hydrogen) atoms. The molecule has 1 aromatic heterocycles. The number of amides is 1. The van der Waals surface area contributed by atoms with Gasteiger partial charge in [0, 0.05) is 13.1 Å². The average molecular weight is 360 g/mol. The molecule has 2 fully saturated rings. The van der Waals surface area contributed by atoms with Gasteiger partial charge in [0.05, 0.1) is 18.9 Å². The van der Waals surface area contributed by atoms with Crippen LogP contribution in [0.2, 0.25) is 0 Å². The van der Waals surface area contributed by atoms with Crippen molar-refractivity contribution in [3.63, 3.8) is 0 Å². The van der Waals surface area contributed by atoms with Crippen molar-refractivity contribution in [1.29, 1.82) is 0 Å². The Morgan fingerprint density at radius 2 is 2.31 bits per heavy atom. The Hall–Kier alpha value is -1.95. The van der Waals surface area contributed by atoms with Crippen molar-refractivity contribution in [2.75, 3.05) is 26.2 Å². The molecule has 142 valence electrons. The average Bonchev–Trinajstić information content (AvgIpc) is 3.05. The molecule has 2 N–H and O–H groups in total. The number of piperidine rings is 1. The van der Waals surface area contributed by atoms with Crippen LogP contribution in [-0.2, 0) is 0 Å². The number of nitrogens with zero attached hydrogens (tertiary/aromatic N) is 2. The fraction of sp³-hybridized carbons (Fsp3) is 0.600. The Morgan fingerprint density at radius 3 is 2.92 bits per heavy atom. The molecule has 0 radical (unpaired) electrons. The van der Waals surface area contributed by atoms with E-state index in [9.17, 15) is 9.18 Å². The smallest absolute Gasteiger partial charge is 0.269 e. The van der Waals surface area contributed by atoms with Gasteiger partial charge in [-0.2, -0.15) is 0 Å². The predicted octanol–water partition coefficient (Wildman–Crippen LogP) is 3.31. The van der Waals surface area contributed by atoms with E-state index in [1.54, 1.807) is 6.08 Å². The lowest BCUT2D eigenvalue weighted by Gasteiger charge is -2.41. The largest absolute Gasteiger partial charge is 0.349 e. The number of hydrogen-bond donors (Lipinski definition) is 2. The molecule has 1 amide bonds. The highest BCUT2D eigenvalue weighted by Crippen LogP contribution is 2.61. The van der Waals surface area contributed by atoms with Crippen LogP contribution in [0, 0.1) is 16.7 Å². The predicted molar refractivity (Wildman–Crippen MR) is 100 cm³/mol. The summed E-state index contributed by atoms with van der Waals surface area (Å²) >= 11 is 0. The molecule has 2 atom stereocenters. The number of aromatic nitrogens is 2. The third-order valence-electron chi connectivity index (χ3n) is 6.17. The Labute approximate surface area is 154 Å². The van der Waals surface area contributed by atoms with Crippen molar-refractivity contribution in [3.8, 4) is 0 Å². The van der Waals surface area contributed by atoms with Gasteiger partial charge in [-0.15, -0.1) is 6.58 Å². The van der Waals surface area contributed by atoms with Crippen molar-refractivity contribution in [1.82, 2.24) is 20.2 Å². The van der Waals surface area contributed by atoms with Crippen LogP contribution in [0.4, 0.5) is 4.39 Å². The SMILES string of the molecule is C=CC1(CC2(C)CCN(CCNC(=O)c3cnc[nH]3)CC2)CC1/C=C/F. The van der Waals surface area contributed by atoms with E-state index >= 15 is 0 Å². The van der Waals surface area contributed by atoms with Crippen LogP contribution in [0.25, 0.3) is 0 Å². The number of halogens is 1. The fourth-order valence-corrected chi connectivity index (χ4v) is 4.30. The molecule has 1 aliphatic carbocycles. The zero-order valence-electron chi connectivity index (χ0n) is 15.5. The van der Waals surface area contributed by atoms with Gasteiger partial charge in [0.1, 0.15) is 5.69 Å². The van der Waals surface area contributed by atoms with E-state index in [-0.39, 0.29) is 16.7 Å². The van der Waals surface area contributed by atoms with Gasteiger partial charge >= 0.3 is 0 Å². The molecule has 2 unspecified atom stereocenters. The maximum absolute atomic E-state index is 12.5. The lowest BCUT2D eigenvalue weighted by atomic mass is 9.72. The third-order valence-corrected chi connectivity index (χ3v) is 6.17. The van der Waals surface area contributed by atoms with Crippen molar-refractivity contribution in [2.45, 2.75) is 32.6 Å². The second-order valence-corrected chi connectivity index (χ2v) is 8.12. The fourth-order valence-electron chi connectivity index (χ4n) is 4.30. The van der Waals surface area contributed by atoms with E-state index in [4.69, 9.17) is 0 Å². The van der Waals surface area contributed by atoms with E-state index < -0.39 is 0 Å². The number of hydrogen-bond acceptors (Lipinski definition) is 3. The van der Waals surface area contributed by atoms with Crippen molar-refractivity contribution in [2.24, 2.45) is 16.7 Å². The first-order valence-corrected chi connectivity index (χ1v) is 9.40. The molecule has 1 aromatic rings. The lowest BCUT2D eigenvalue weighted by Crippen LogP contribution is -2.43. The number of allylic oxidation sites excluding steroid dienone is 2. The highest BCUT2D eigenvalue weighted by Gasteiger charge is 2.53. The van der Waals surface area contributed by atoms with E-state index in [0.717, 1.165) is 45.3 Å². The number of rotatable bonds is 8. The maximum Gasteiger partial charge on any atom is 0.269 e. The zero-order valence-corrected chi connectivity index (χ0v) is 15.5. The standard InChI is InChI=1S/C20H29FN4O/c1-3-20(12-16(20)4-7-21)14-19(2)5-9-25(10-6-19)11-8-23-18(26)17-13-22-15-24-17/h3-4,7,13,15-16H,1,5-6,8-12,14H2,2H3,(H,22,24)(H,23,26)/b7-4+. The molecule has 6 heteroatoms. The summed E-state index contributed by atoms with van der Waals surface area (Å²) < 4.78 is 12.5. The Balaban J connectivity index is 1.41. The van der Waals surface area contributed by atoms with Gasteiger partial charge in [0.15, 0.2) is 0 Å². The molecule has 3 rings (SSSR count). The van der Waals surface area contributed by atoms with E-state index in [1.165, 1.54) is 12.5 Å². The molecule has 1 saturated heterocycles. The molecule has 1 aliphatic heterocycles. The second-order valence-electron chi connectivity index (χ2n) is 8.12. The summed E-state index contributed by atoms with van der Waals surface area (Å²) in [6, 6.07) is 0. The normalized spacial score (nSPS) is 28.2. The Bertz CT molecular complexity index is 649. The molecule has 0 aromatic carbocycles. The number of imidazole rings is 1. The summed E-state index contributed by atoms with van der Waals surface area (Å²) in [5.41, 5.74) is 0.868. The number of aromatic amines is 1. The highest BCUT2D eigenvalue weighted by atomic mass is 19.1. The van der Waals surface area contributed by atoms with Crippen LogP contribution in [0.1, 0.15) is 43.1 Å². The molecule has 5 nitrogen and oxygen atoms in total. The van der Waals surface area contributed by atoms with Gasteiger partial charge < -0.3 is 15.2 Å². The van der Waals surface area contributed by atoms with Crippen LogP contribution in [0.15, 0.2) is 37.6 Å². The summed E-state index contributed by atoms with van der Waals surface area (Å²) in [5, 5.41) is 2.92. The zero-order chi connectivity index (χ0) is 18.6. The minimum absolute atomic E-state index is 0.0948. The number of carbonyl (C=O) groups is 1. The second kappa shape index (κ2) is 7.74. The molecule has 2 heterocycles. The maximum atomic E-state index is 12.5. The highest BCUT2D eigenvalue weighted by molar-refractivity contribution is 5.91. The lowest BCUT2D eigenvalue weighted by molar-refractivity contribution is 0.0879. The molecule has 1 saturated carbocycles. The van der Waals surface area contributed by atoms with Crippen LogP contribution < -0.4 is 5.32 Å². The summed E-state index contributed by atoms with van der Waals surface area (Å²) in [4.78, 5) is 21.0. The monoisotopic (exact) mass is 360 g/mol. The van der Waals surface area contributed by atoms with Gasteiger partial charge in [0.2, 0.25) is 0 Å². The van der Waals surface area contributed by atoms with Gasteiger partial charge in [-0.25, -0.2) is 9.37 Å². The molecule has 2 aliphatic rings. The summed E-state index contributed by atoms with van der Waals surface area (Å²) in [7, 11) is 0. The first kappa shape index (κ1) is 18.8.